The highest BCUT2D eigenvalue weighted by Crippen LogP contribution is 2.25. The first-order valence-electron chi connectivity index (χ1n) is 10.5. The molecule has 0 radical (unpaired) electrons. The molecule has 0 saturated carbocycles. The van der Waals surface area contributed by atoms with Gasteiger partial charge < -0.3 is 14.5 Å². The number of hydrogen-bond donors (Lipinski definition) is 1. The average molecular weight is 412 g/mol. The Morgan fingerprint density at radius 2 is 1.63 bits per heavy atom. The van der Waals surface area contributed by atoms with E-state index in [0.29, 0.717) is 12.3 Å². The lowest BCUT2D eigenvalue weighted by atomic mass is 10.1. The summed E-state index contributed by atoms with van der Waals surface area (Å²) in [7, 11) is 0. The molecular formula is C23H27FN3O3+. The highest BCUT2D eigenvalue weighted by Gasteiger charge is 2.46. The number of rotatable bonds is 6. The molecule has 2 amide bonds. The van der Waals surface area contributed by atoms with Gasteiger partial charge in [0.05, 0.1) is 44.9 Å². The van der Waals surface area contributed by atoms with Crippen LogP contribution in [0.25, 0.3) is 0 Å². The van der Waals surface area contributed by atoms with Crippen molar-refractivity contribution in [3.63, 3.8) is 0 Å². The minimum absolute atomic E-state index is 0.132. The number of nitrogens with one attached hydrogen (secondary N) is 1. The number of piperazine rings is 1. The molecule has 2 aliphatic heterocycles. The number of amides is 2. The Morgan fingerprint density at radius 1 is 1.00 bits per heavy atom. The molecular weight excluding hydrogens is 385 g/mol. The number of carbonyl (C=O) groups excluding carboxylic acids is 2. The fourth-order valence-corrected chi connectivity index (χ4v) is 4.19. The second-order valence-corrected chi connectivity index (χ2v) is 7.79. The van der Waals surface area contributed by atoms with E-state index in [1.54, 1.807) is 36.4 Å². The number of ether oxygens (including phenoxy) is 1. The molecule has 1 atom stereocenters. The molecule has 4 rings (SSSR count). The number of nitrogens with zero attached hydrogens (tertiary/aromatic N) is 2. The van der Waals surface area contributed by atoms with Gasteiger partial charge in [-0.05, 0) is 55.0 Å². The summed E-state index contributed by atoms with van der Waals surface area (Å²) in [6, 6.07) is 13.3. The van der Waals surface area contributed by atoms with Crippen molar-refractivity contribution in [3.05, 3.63) is 54.3 Å². The third-order valence-corrected chi connectivity index (χ3v) is 5.80. The molecule has 2 aromatic carbocycles. The van der Waals surface area contributed by atoms with Crippen molar-refractivity contribution < 1.29 is 23.6 Å². The zero-order chi connectivity index (χ0) is 21.1. The maximum atomic E-state index is 13.1. The van der Waals surface area contributed by atoms with E-state index >= 15 is 0 Å². The van der Waals surface area contributed by atoms with E-state index in [1.807, 2.05) is 6.92 Å². The van der Waals surface area contributed by atoms with E-state index in [9.17, 15) is 14.0 Å². The van der Waals surface area contributed by atoms with Crippen LogP contribution in [0.15, 0.2) is 48.5 Å². The number of imide groups is 1. The molecule has 0 unspecified atom stereocenters. The Morgan fingerprint density at radius 3 is 2.27 bits per heavy atom. The lowest BCUT2D eigenvalue weighted by molar-refractivity contribution is -0.915. The summed E-state index contributed by atoms with van der Waals surface area (Å²) in [5.41, 5.74) is 1.58. The van der Waals surface area contributed by atoms with Gasteiger partial charge in [-0.2, -0.15) is 0 Å². The van der Waals surface area contributed by atoms with Gasteiger partial charge in [0.15, 0.2) is 6.04 Å². The van der Waals surface area contributed by atoms with E-state index in [2.05, 4.69) is 4.90 Å². The van der Waals surface area contributed by atoms with Gasteiger partial charge in [0.2, 0.25) is 5.91 Å². The molecule has 0 aromatic heterocycles. The van der Waals surface area contributed by atoms with Gasteiger partial charge in [-0.3, -0.25) is 9.59 Å². The lowest BCUT2D eigenvalue weighted by Crippen LogP contribution is -3.19. The second kappa shape index (κ2) is 8.83. The maximum Gasteiger partial charge on any atom is 0.292 e. The summed E-state index contributed by atoms with van der Waals surface area (Å²) < 4.78 is 18.7. The molecule has 0 bridgehead atoms. The van der Waals surface area contributed by atoms with Crippen LogP contribution in [0.4, 0.5) is 15.8 Å². The van der Waals surface area contributed by atoms with E-state index in [0.717, 1.165) is 48.9 Å². The molecule has 2 fully saturated rings. The molecule has 2 saturated heterocycles. The number of halogens is 1. The quantitative estimate of drug-likeness (QED) is 0.734. The Labute approximate surface area is 175 Å². The van der Waals surface area contributed by atoms with E-state index in [-0.39, 0.29) is 30.1 Å². The first-order valence-corrected chi connectivity index (χ1v) is 10.5. The van der Waals surface area contributed by atoms with Crippen molar-refractivity contribution in [1.29, 1.82) is 0 Å². The van der Waals surface area contributed by atoms with Crippen molar-refractivity contribution in [2.24, 2.45) is 0 Å². The lowest BCUT2D eigenvalue weighted by Gasteiger charge is -2.35. The predicted molar refractivity (Wildman–Crippen MR) is 112 cm³/mol. The molecule has 2 heterocycles. The summed E-state index contributed by atoms with van der Waals surface area (Å²) in [5.74, 6) is 0.204. The fourth-order valence-electron chi connectivity index (χ4n) is 4.19. The van der Waals surface area contributed by atoms with Crippen LogP contribution >= 0.6 is 0 Å². The number of anilines is 2. The topological polar surface area (TPSA) is 54.3 Å². The van der Waals surface area contributed by atoms with Gasteiger partial charge in [-0.25, -0.2) is 9.29 Å². The second-order valence-electron chi connectivity index (χ2n) is 7.79. The largest absolute Gasteiger partial charge is 0.494 e. The standard InChI is InChI=1S/C23H26FN3O3/c1-2-15-30-20-9-7-19(8-10-20)27-22(28)16-21(23(27)29)26-13-11-25(12-14-26)18-5-3-17(24)4-6-18/h3-10,21H,2,11-16H2,1H3/p+1/t21-/m0/s1. The number of carbonyl (C=O) groups is 2. The minimum atomic E-state index is -0.344. The molecule has 30 heavy (non-hydrogen) atoms. The Hall–Kier alpha value is -2.93. The number of hydrogen-bond acceptors (Lipinski definition) is 4. The van der Waals surface area contributed by atoms with Crippen molar-refractivity contribution in [2.75, 3.05) is 42.6 Å². The van der Waals surface area contributed by atoms with Gasteiger partial charge in [-0.1, -0.05) is 6.92 Å². The molecule has 2 aromatic rings. The van der Waals surface area contributed by atoms with E-state index < -0.39 is 0 Å². The summed E-state index contributed by atoms with van der Waals surface area (Å²) in [6.45, 7) is 5.73. The SMILES string of the molecule is CCCOc1ccc(N2C(=O)C[C@H]([NH+]3CCN(c4ccc(F)cc4)CC3)C2=O)cc1. The van der Waals surface area contributed by atoms with Crippen molar-refractivity contribution >= 4 is 23.2 Å². The number of benzene rings is 2. The zero-order valence-corrected chi connectivity index (χ0v) is 17.1. The smallest absolute Gasteiger partial charge is 0.292 e. The third-order valence-electron chi connectivity index (χ3n) is 5.80. The monoisotopic (exact) mass is 412 g/mol. The number of quaternary nitrogens is 1. The summed E-state index contributed by atoms with van der Waals surface area (Å²) in [4.78, 5) is 30.3. The first kappa shape index (κ1) is 20.3. The normalized spacial score (nSPS) is 20.1. The Bertz CT molecular complexity index is 893. The van der Waals surface area contributed by atoms with Crippen molar-refractivity contribution in [2.45, 2.75) is 25.8 Å². The molecule has 2 aliphatic rings. The van der Waals surface area contributed by atoms with Crippen LogP contribution in [-0.2, 0) is 9.59 Å². The van der Waals surface area contributed by atoms with Crippen molar-refractivity contribution in [3.8, 4) is 5.75 Å². The van der Waals surface area contributed by atoms with Crippen LogP contribution in [0.3, 0.4) is 0 Å². The van der Waals surface area contributed by atoms with Gasteiger partial charge >= 0.3 is 0 Å². The molecule has 0 spiro atoms. The van der Waals surface area contributed by atoms with Crippen LogP contribution in [0.2, 0.25) is 0 Å². The van der Waals surface area contributed by atoms with Crippen LogP contribution in [0, 0.1) is 5.82 Å². The van der Waals surface area contributed by atoms with Crippen molar-refractivity contribution in [1.82, 2.24) is 0 Å². The zero-order valence-electron chi connectivity index (χ0n) is 17.1. The summed E-state index contributed by atoms with van der Waals surface area (Å²) in [5, 5.41) is 0. The van der Waals surface area contributed by atoms with E-state index in [1.165, 1.54) is 17.0 Å². The predicted octanol–water partition coefficient (Wildman–Crippen LogP) is 1.65. The minimum Gasteiger partial charge on any atom is -0.494 e. The highest BCUT2D eigenvalue weighted by molar-refractivity contribution is 6.21. The first-order chi connectivity index (χ1) is 14.6. The Balaban J connectivity index is 1.39. The highest BCUT2D eigenvalue weighted by atomic mass is 19.1. The molecule has 1 N–H and O–H groups in total. The maximum absolute atomic E-state index is 13.1. The van der Waals surface area contributed by atoms with Gasteiger partial charge in [0, 0.05) is 5.69 Å². The third kappa shape index (κ3) is 4.16. The summed E-state index contributed by atoms with van der Waals surface area (Å²) in [6.07, 6.45) is 1.16. The molecule has 7 heteroatoms. The van der Waals surface area contributed by atoms with Crippen LogP contribution < -0.4 is 19.4 Å². The average Bonchev–Trinajstić information content (AvgIpc) is 3.07. The van der Waals surface area contributed by atoms with E-state index in [4.69, 9.17) is 4.74 Å². The summed E-state index contributed by atoms with van der Waals surface area (Å²) >= 11 is 0. The van der Waals surface area contributed by atoms with Gasteiger partial charge in [-0.15, -0.1) is 0 Å². The van der Waals surface area contributed by atoms with Crippen LogP contribution in [0.5, 0.6) is 5.75 Å². The fraction of sp³-hybridized carbons (Fsp3) is 0.391. The molecule has 6 nitrogen and oxygen atoms in total. The van der Waals surface area contributed by atoms with Gasteiger partial charge in [0.1, 0.15) is 11.6 Å². The van der Waals surface area contributed by atoms with Gasteiger partial charge in [0.25, 0.3) is 5.91 Å². The van der Waals surface area contributed by atoms with Crippen LogP contribution in [0.1, 0.15) is 19.8 Å². The molecule has 158 valence electrons. The Kier molecular flexibility index (Phi) is 5.99. The molecule has 0 aliphatic carbocycles. The van der Waals surface area contributed by atoms with Crippen LogP contribution in [-0.4, -0.2) is 50.6 Å².